The number of aromatic nitrogens is 2. The molecule has 10 heteroatoms. The number of aliphatic hydroxyl groups is 1. The second-order valence-electron chi connectivity index (χ2n) is 14.4. The number of nitrogens with two attached hydrogens (primary N) is 1. The molecule has 0 unspecified atom stereocenters. The number of amides is 2. The number of nitrogen functional groups attached to an aromatic ring is 1. The lowest BCUT2D eigenvalue weighted by atomic mass is 9.99. The third-order valence-corrected chi connectivity index (χ3v) is 10.3. The van der Waals surface area contributed by atoms with Crippen LogP contribution in [0.4, 0.5) is 11.4 Å². The van der Waals surface area contributed by atoms with Crippen molar-refractivity contribution in [3.8, 4) is 11.1 Å². The van der Waals surface area contributed by atoms with Crippen molar-refractivity contribution >= 4 is 34.2 Å². The minimum atomic E-state index is -0.569. The molecule has 0 spiro atoms. The monoisotopic (exact) mass is 751 g/mol. The van der Waals surface area contributed by atoms with Gasteiger partial charge in [0.05, 0.1) is 54.1 Å². The molecule has 1 aliphatic heterocycles. The molecule has 0 saturated carbocycles. The molecule has 2 heterocycles. The van der Waals surface area contributed by atoms with Gasteiger partial charge in [-0.15, -0.1) is 0 Å². The summed E-state index contributed by atoms with van der Waals surface area (Å²) >= 11 is 0. The third-order valence-electron chi connectivity index (χ3n) is 10.3. The molecular weight excluding hydrogens is 703 g/mol. The van der Waals surface area contributed by atoms with Crippen LogP contribution in [0.5, 0.6) is 0 Å². The molecule has 10 nitrogen and oxygen atoms in total. The summed E-state index contributed by atoms with van der Waals surface area (Å²) in [5.74, 6) is -0.0293. The molecule has 3 atom stereocenters. The number of imidazole rings is 1. The van der Waals surface area contributed by atoms with Gasteiger partial charge in [-0.1, -0.05) is 104 Å². The van der Waals surface area contributed by atoms with E-state index in [1.54, 1.807) is 12.1 Å². The number of rotatable bonds is 16. The second kappa shape index (κ2) is 18.7. The smallest absolute Gasteiger partial charge is 0.224 e. The number of benzene rings is 5. The van der Waals surface area contributed by atoms with Crippen molar-refractivity contribution in [1.82, 2.24) is 14.9 Å². The highest BCUT2D eigenvalue weighted by Gasteiger charge is 2.32. The number of nitrogens with zero attached hydrogens (tertiary/aromatic N) is 2. The summed E-state index contributed by atoms with van der Waals surface area (Å²) in [4.78, 5) is 29.4. The van der Waals surface area contributed by atoms with Crippen LogP contribution in [0, 0.1) is 0 Å². The van der Waals surface area contributed by atoms with Gasteiger partial charge in [0.2, 0.25) is 11.8 Å². The fourth-order valence-electron chi connectivity index (χ4n) is 7.14. The van der Waals surface area contributed by atoms with Crippen LogP contribution in [0.1, 0.15) is 79.6 Å². The molecule has 288 valence electrons. The Morgan fingerprint density at radius 2 is 1.48 bits per heavy atom. The maximum Gasteiger partial charge on any atom is 0.224 e. The van der Waals surface area contributed by atoms with E-state index < -0.39 is 6.29 Å². The first-order chi connectivity index (χ1) is 27.4. The highest BCUT2D eigenvalue weighted by Crippen LogP contribution is 2.39. The molecule has 6 aromatic rings. The van der Waals surface area contributed by atoms with Crippen molar-refractivity contribution in [3.05, 3.63) is 150 Å². The summed E-state index contributed by atoms with van der Waals surface area (Å²) < 4.78 is 15.4. The molecule has 56 heavy (non-hydrogen) atoms. The van der Waals surface area contributed by atoms with Crippen LogP contribution >= 0.6 is 0 Å². The van der Waals surface area contributed by atoms with E-state index in [-0.39, 0.29) is 30.6 Å². The summed E-state index contributed by atoms with van der Waals surface area (Å²) in [6.07, 6.45) is 5.85. The Labute approximate surface area is 327 Å². The summed E-state index contributed by atoms with van der Waals surface area (Å²) in [5.41, 5.74) is 15.1. The van der Waals surface area contributed by atoms with Gasteiger partial charge in [0.1, 0.15) is 0 Å². The topological polar surface area (TPSA) is 141 Å². The Morgan fingerprint density at radius 3 is 2.27 bits per heavy atom. The van der Waals surface area contributed by atoms with Crippen LogP contribution < -0.4 is 16.4 Å². The Balaban J connectivity index is 0.910. The highest BCUT2D eigenvalue weighted by atomic mass is 16.7. The number of fused-ring (bicyclic) bond motifs is 1. The predicted molar refractivity (Wildman–Crippen MR) is 219 cm³/mol. The van der Waals surface area contributed by atoms with Gasteiger partial charge in [-0.2, -0.15) is 0 Å². The van der Waals surface area contributed by atoms with Gasteiger partial charge in [-0.05, 0) is 71.0 Å². The average Bonchev–Trinajstić information content (AvgIpc) is 3.64. The Morgan fingerprint density at radius 1 is 0.750 bits per heavy atom. The molecule has 2 amide bonds. The van der Waals surface area contributed by atoms with E-state index in [2.05, 4.69) is 62.6 Å². The van der Waals surface area contributed by atoms with Crippen LogP contribution in [-0.2, 0) is 38.8 Å². The number of hydrogen-bond donors (Lipinski definition) is 4. The van der Waals surface area contributed by atoms with Crippen LogP contribution in [-0.4, -0.2) is 32.6 Å². The number of carbonyl (C=O) groups excluding carboxylic acids is 2. The van der Waals surface area contributed by atoms with Gasteiger partial charge in [0.25, 0.3) is 0 Å². The zero-order valence-electron chi connectivity index (χ0n) is 31.5. The lowest BCUT2D eigenvalue weighted by Gasteiger charge is -2.36. The van der Waals surface area contributed by atoms with E-state index in [0.717, 1.165) is 70.1 Å². The maximum atomic E-state index is 12.6. The summed E-state index contributed by atoms with van der Waals surface area (Å²) in [7, 11) is 0. The molecule has 0 radical (unpaired) electrons. The molecule has 7 rings (SSSR count). The second-order valence-corrected chi connectivity index (χ2v) is 14.4. The highest BCUT2D eigenvalue weighted by molar-refractivity contribution is 5.93. The number of nitrogens with one attached hydrogen (secondary N) is 2. The lowest BCUT2D eigenvalue weighted by Crippen LogP contribution is -2.32. The SMILES string of the molecule is Nc1ccccc1NC(=O)CCCCCCC(=O)NCc1cccc(-c2ccc([C@@H]3O[C@H](Cn4cnc5ccccc54)C[C@H](c4ccc(CO)cc4)O3)cc2)c1. The first-order valence-corrected chi connectivity index (χ1v) is 19.4. The molecule has 0 bridgehead atoms. The van der Waals surface area contributed by atoms with Gasteiger partial charge in [-0.25, -0.2) is 4.98 Å². The van der Waals surface area contributed by atoms with E-state index in [0.29, 0.717) is 43.7 Å². The fraction of sp³-hybridized carbons (Fsp3) is 0.283. The first kappa shape index (κ1) is 38.5. The molecule has 0 aliphatic carbocycles. The van der Waals surface area contributed by atoms with Gasteiger partial charge >= 0.3 is 0 Å². The van der Waals surface area contributed by atoms with Gasteiger partial charge in [0.15, 0.2) is 6.29 Å². The summed E-state index contributed by atoms with van der Waals surface area (Å²) in [5, 5.41) is 15.5. The quantitative estimate of drug-likeness (QED) is 0.0574. The zero-order chi connectivity index (χ0) is 38.7. The van der Waals surface area contributed by atoms with Gasteiger partial charge in [-0.3, -0.25) is 9.59 Å². The molecular formula is C46H49N5O5. The minimum absolute atomic E-state index is 0.00401. The largest absolute Gasteiger partial charge is 0.397 e. The van der Waals surface area contributed by atoms with E-state index in [1.165, 1.54) is 0 Å². The molecule has 1 aromatic heterocycles. The molecule has 5 aromatic carbocycles. The van der Waals surface area contributed by atoms with Crippen molar-refractivity contribution in [1.29, 1.82) is 0 Å². The van der Waals surface area contributed by atoms with Crippen LogP contribution in [0.15, 0.2) is 128 Å². The number of aliphatic hydroxyl groups excluding tert-OH is 1. The van der Waals surface area contributed by atoms with Crippen molar-refractivity contribution < 1.29 is 24.2 Å². The standard InChI is InChI=1S/C46H49N5O5/c47-39-12-5-6-13-40(39)50-45(54)17-4-2-1-3-16-44(53)48-28-33-10-9-11-37(26-33)34-22-24-36(25-23-34)46-55-38(29-51-31-49-41-14-7-8-15-42(41)51)27-43(56-46)35-20-18-32(30-52)19-21-35/h5-15,18-26,31,38,43,46,52H,1-4,16-17,27-30,47H2,(H,48,53)(H,50,54)/t38-,43+,46+/m0/s1. The predicted octanol–water partition coefficient (Wildman–Crippen LogP) is 8.62. The van der Waals surface area contributed by atoms with Gasteiger partial charge < -0.3 is 35.5 Å². The Hall–Kier alpha value is -5.81. The number of ether oxygens (including phenoxy) is 2. The van der Waals surface area contributed by atoms with E-state index in [4.69, 9.17) is 15.2 Å². The molecule has 1 aliphatic rings. The number of anilines is 2. The van der Waals surface area contributed by atoms with Crippen LogP contribution in [0.3, 0.4) is 0 Å². The van der Waals surface area contributed by atoms with Crippen molar-refractivity contribution in [2.75, 3.05) is 11.1 Å². The Bertz CT molecular complexity index is 2220. The molecule has 1 saturated heterocycles. The van der Waals surface area contributed by atoms with Crippen molar-refractivity contribution in [2.24, 2.45) is 0 Å². The number of para-hydroxylation sites is 4. The minimum Gasteiger partial charge on any atom is -0.397 e. The fourth-order valence-corrected chi connectivity index (χ4v) is 7.14. The van der Waals surface area contributed by atoms with Crippen LogP contribution in [0.2, 0.25) is 0 Å². The van der Waals surface area contributed by atoms with E-state index in [1.807, 2.05) is 73.1 Å². The maximum absolute atomic E-state index is 12.6. The Kier molecular flexibility index (Phi) is 12.8. The van der Waals surface area contributed by atoms with Crippen molar-refractivity contribution in [3.63, 3.8) is 0 Å². The average molecular weight is 752 g/mol. The zero-order valence-corrected chi connectivity index (χ0v) is 31.5. The summed E-state index contributed by atoms with van der Waals surface area (Å²) in [6.45, 7) is 1.08. The molecule has 5 N–H and O–H groups in total. The summed E-state index contributed by atoms with van der Waals surface area (Å²) in [6, 6.07) is 39.7. The number of hydrogen-bond acceptors (Lipinski definition) is 7. The first-order valence-electron chi connectivity index (χ1n) is 19.4. The van der Waals surface area contributed by atoms with Crippen molar-refractivity contribution in [2.45, 2.75) is 83.1 Å². The lowest BCUT2D eigenvalue weighted by molar-refractivity contribution is -0.252. The van der Waals surface area contributed by atoms with E-state index >= 15 is 0 Å². The number of unbranched alkanes of at least 4 members (excludes halogenated alkanes) is 3. The number of carbonyl (C=O) groups is 2. The molecule has 1 fully saturated rings. The third kappa shape index (κ3) is 10.1. The normalized spacial score (nSPS) is 16.8. The van der Waals surface area contributed by atoms with Gasteiger partial charge in [0, 0.05) is 31.4 Å². The van der Waals surface area contributed by atoms with Crippen LogP contribution in [0.25, 0.3) is 22.2 Å². The van der Waals surface area contributed by atoms with E-state index in [9.17, 15) is 14.7 Å².